The molecule has 5 nitrogen and oxygen atoms in total. The first-order chi connectivity index (χ1) is 11.1. The van der Waals surface area contributed by atoms with E-state index in [0.29, 0.717) is 23.3 Å². The van der Waals surface area contributed by atoms with Gasteiger partial charge in [-0.1, -0.05) is 36.4 Å². The lowest BCUT2D eigenvalue weighted by Crippen LogP contribution is -2.09. The van der Waals surface area contributed by atoms with Gasteiger partial charge < -0.3 is 14.9 Å². The van der Waals surface area contributed by atoms with Gasteiger partial charge in [-0.2, -0.15) is 0 Å². The third kappa shape index (κ3) is 5.00. The number of rotatable bonds is 6. The monoisotopic (exact) mass is 312 g/mol. The van der Waals surface area contributed by atoms with Gasteiger partial charge in [0, 0.05) is 11.6 Å². The number of para-hydroxylation sites is 2. The number of carbonyl (C=O) groups excluding carboxylic acids is 1. The van der Waals surface area contributed by atoms with Gasteiger partial charge in [-0.25, -0.2) is 4.79 Å². The average molecular weight is 312 g/mol. The number of carboxylic acid groups (broad SMARTS) is 1. The summed E-state index contributed by atoms with van der Waals surface area (Å²) in [6, 6.07) is 13.5. The smallest absolute Gasteiger partial charge is 0.328 e. The minimum absolute atomic E-state index is 0.106. The number of hydrogen-bond donors (Lipinski definition) is 2. The maximum absolute atomic E-state index is 11.9. The highest BCUT2D eigenvalue weighted by Gasteiger charge is 2.09. The summed E-state index contributed by atoms with van der Waals surface area (Å²) in [6.07, 6.45) is 2.82. The van der Waals surface area contributed by atoms with E-state index in [9.17, 15) is 14.7 Å². The van der Waals surface area contributed by atoms with E-state index >= 15 is 0 Å². The van der Waals surface area contributed by atoms with Crippen LogP contribution in [-0.4, -0.2) is 22.2 Å². The molecule has 0 amide bonds. The third-order valence-electron chi connectivity index (χ3n) is 3.14. The summed E-state index contributed by atoms with van der Waals surface area (Å²) in [5.74, 6) is -1.09. The van der Waals surface area contributed by atoms with Crippen LogP contribution in [0.5, 0.6) is 11.5 Å². The fourth-order valence-corrected chi connectivity index (χ4v) is 2.00. The summed E-state index contributed by atoms with van der Waals surface area (Å²) in [6.45, 7) is 0. The molecule has 0 heterocycles. The van der Waals surface area contributed by atoms with Crippen LogP contribution in [0.3, 0.4) is 0 Å². The van der Waals surface area contributed by atoms with E-state index in [1.54, 1.807) is 48.5 Å². The second-order valence-corrected chi connectivity index (χ2v) is 4.81. The zero-order chi connectivity index (χ0) is 16.7. The molecule has 2 aromatic rings. The van der Waals surface area contributed by atoms with Crippen molar-refractivity contribution in [1.82, 2.24) is 0 Å². The molecule has 0 bridgehead atoms. The van der Waals surface area contributed by atoms with Gasteiger partial charge in [0.15, 0.2) is 0 Å². The molecule has 0 atom stereocenters. The first-order valence-electron chi connectivity index (χ1n) is 7.04. The van der Waals surface area contributed by atoms with Gasteiger partial charge in [0.1, 0.15) is 11.5 Å². The van der Waals surface area contributed by atoms with Crippen molar-refractivity contribution in [3.05, 3.63) is 65.7 Å². The van der Waals surface area contributed by atoms with Crippen LogP contribution in [0.25, 0.3) is 6.08 Å². The summed E-state index contributed by atoms with van der Waals surface area (Å²) in [5.41, 5.74) is 1.18. The largest absolute Gasteiger partial charge is 0.508 e. The quantitative estimate of drug-likeness (QED) is 0.486. The zero-order valence-electron chi connectivity index (χ0n) is 12.3. The molecule has 0 aromatic heterocycles. The number of aliphatic carboxylic acids is 1. The van der Waals surface area contributed by atoms with Crippen LogP contribution in [0.2, 0.25) is 0 Å². The summed E-state index contributed by atoms with van der Waals surface area (Å²) in [4.78, 5) is 22.5. The highest BCUT2D eigenvalue weighted by Crippen LogP contribution is 2.21. The Bertz CT molecular complexity index is 734. The van der Waals surface area contributed by atoms with E-state index in [2.05, 4.69) is 0 Å². The maximum atomic E-state index is 11.9. The SMILES string of the molecule is O=C(O)C=Cc1ccccc1OC(=O)CCc1ccccc1O. The minimum atomic E-state index is -1.08. The Morgan fingerprint density at radius 3 is 2.48 bits per heavy atom. The fraction of sp³-hybridized carbons (Fsp3) is 0.111. The van der Waals surface area contributed by atoms with Crippen molar-refractivity contribution in [1.29, 1.82) is 0 Å². The second kappa shape index (κ2) is 7.79. The first-order valence-corrected chi connectivity index (χ1v) is 7.04. The van der Waals surface area contributed by atoms with Crippen molar-refractivity contribution in [2.24, 2.45) is 0 Å². The number of phenols is 1. The number of benzene rings is 2. The summed E-state index contributed by atoms with van der Waals surface area (Å²) in [5, 5.41) is 18.3. The molecule has 2 rings (SSSR count). The normalized spacial score (nSPS) is 10.6. The second-order valence-electron chi connectivity index (χ2n) is 4.81. The number of carboxylic acids is 1. The average Bonchev–Trinajstić information content (AvgIpc) is 2.53. The molecule has 5 heteroatoms. The molecule has 0 radical (unpaired) electrons. The van der Waals surface area contributed by atoms with Crippen molar-refractivity contribution < 1.29 is 24.5 Å². The van der Waals surface area contributed by atoms with E-state index in [0.717, 1.165) is 6.08 Å². The molecule has 0 spiro atoms. The molecule has 2 N–H and O–H groups in total. The number of carbonyl (C=O) groups is 2. The van der Waals surface area contributed by atoms with Gasteiger partial charge in [-0.15, -0.1) is 0 Å². The molecule has 23 heavy (non-hydrogen) atoms. The first kappa shape index (κ1) is 16.3. The van der Waals surface area contributed by atoms with E-state index in [-0.39, 0.29) is 12.2 Å². The topological polar surface area (TPSA) is 83.8 Å². The van der Waals surface area contributed by atoms with Crippen molar-refractivity contribution in [3.63, 3.8) is 0 Å². The number of aromatic hydroxyl groups is 1. The van der Waals surface area contributed by atoms with Gasteiger partial charge in [0.2, 0.25) is 0 Å². The molecular formula is C18H16O5. The van der Waals surface area contributed by atoms with Crippen LogP contribution in [0.15, 0.2) is 54.6 Å². The third-order valence-corrected chi connectivity index (χ3v) is 3.14. The van der Waals surface area contributed by atoms with Crippen LogP contribution in [-0.2, 0) is 16.0 Å². The van der Waals surface area contributed by atoms with E-state index in [4.69, 9.17) is 9.84 Å². The summed E-state index contributed by atoms with van der Waals surface area (Å²) < 4.78 is 5.27. The summed E-state index contributed by atoms with van der Waals surface area (Å²) in [7, 11) is 0. The van der Waals surface area contributed by atoms with Crippen molar-refractivity contribution in [3.8, 4) is 11.5 Å². The lowest BCUT2D eigenvalue weighted by Gasteiger charge is -2.08. The predicted octanol–water partition coefficient (Wildman–Crippen LogP) is 3.03. The number of esters is 1. The lowest BCUT2D eigenvalue weighted by molar-refractivity contribution is -0.134. The molecule has 0 saturated carbocycles. The standard InChI is InChI=1S/C18H16O5/c19-15-7-3-1-5-13(15)10-12-18(22)23-16-8-4-2-6-14(16)9-11-17(20)21/h1-9,11,19H,10,12H2,(H,20,21). The number of ether oxygens (including phenoxy) is 1. The Morgan fingerprint density at radius 1 is 1.04 bits per heavy atom. The van der Waals surface area contributed by atoms with Crippen molar-refractivity contribution in [2.75, 3.05) is 0 Å². The highest BCUT2D eigenvalue weighted by atomic mass is 16.5. The Hall–Kier alpha value is -3.08. The number of aryl methyl sites for hydroxylation is 1. The molecule has 0 saturated heterocycles. The Morgan fingerprint density at radius 2 is 1.74 bits per heavy atom. The number of hydrogen-bond acceptors (Lipinski definition) is 4. The Kier molecular flexibility index (Phi) is 5.52. The molecule has 118 valence electrons. The van der Waals surface area contributed by atoms with Crippen LogP contribution in [0.4, 0.5) is 0 Å². The van der Waals surface area contributed by atoms with Gasteiger partial charge in [-0.3, -0.25) is 4.79 Å². The van der Waals surface area contributed by atoms with Gasteiger partial charge in [0.25, 0.3) is 0 Å². The van der Waals surface area contributed by atoms with E-state index in [1.807, 2.05) is 0 Å². The summed E-state index contributed by atoms with van der Waals surface area (Å²) >= 11 is 0. The van der Waals surface area contributed by atoms with Gasteiger partial charge >= 0.3 is 11.9 Å². The molecule has 0 unspecified atom stereocenters. The van der Waals surface area contributed by atoms with E-state index < -0.39 is 11.9 Å². The molecule has 0 aliphatic heterocycles. The molecule has 0 aliphatic rings. The molecule has 2 aromatic carbocycles. The lowest BCUT2D eigenvalue weighted by atomic mass is 10.1. The predicted molar refractivity (Wildman–Crippen MR) is 85.2 cm³/mol. The molecular weight excluding hydrogens is 296 g/mol. The molecule has 0 fully saturated rings. The van der Waals surface area contributed by atoms with Crippen LogP contribution < -0.4 is 4.74 Å². The van der Waals surface area contributed by atoms with Crippen LogP contribution in [0, 0.1) is 0 Å². The number of phenolic OH excluding ortho intramolecular Hbond substituents is 1. The Labute approximate surface area is 133 Å². The fourth-order valence-electron chi connectivity index (χ4n) is 2.00. The zero-order valence-corrected chi connectivity index (χ0v) is 12.3. The van der Waals surface area contributed by atoms with E-state index in [1.165, 1.54) is 6.08 Å². The highest BCUT2D eigenvalue weighted by molar-refractivity contribution is 5.86. The Balaban J connectivity index is 2.00. The van der Waals surface area contributed by atoms with Gasteiger partial charge in [-0.05, 0) is 30.2 Å². The van der Waals surface area contributed by atoms with Crippen molar-refractivity contribution >= 4 is 18.0 Å². The van der Waals surface area contributed by atoms with Crippen LogP contribution >= 0.6 is 0 Å². The minimum Gasteiger partial charge on any atom is -0.508 e. The van der Waals surface area contributed by atoms with Crippen molar-refractivity contribution in [2.45, 2.75) is 12.8 Å². The maximum Gasteiger partial charge on any atom is 0.328 e. The van der Waals surface area contributed by atoms with Crippen LogP contribution in [0.1, 0.15) is 17.5 Å². The molecule has 0 aliphatic carbocycles. The van der Waals surface area contributed by atoms with Gasteiger partial charge in [0.05, 0.1) is 6.42 Å².